The van der Waals surface area contributed by atoms with Crippen LogP contribution in [0.3, 0.4) is 0 Å². The highest BCUT2D eigenvalue weighted by Gasteiger charge is 2.19. The molecule has 15 heavy (non-hydrogen) atoms. The Morgan fingerprint density at radius 3 is 3.00 bits per heavy atom. The number of benzene rings is 1. The van der Waals surface area contributed by atoms with Gasteiger partial charge < -0.3 is 4.74 Å². The van der Waals surface area contributed by atoms with Crippen LogP contribution in [0.15, 0.2) is 24.3 Å². The first kappa shape index (κ1) is 10.6. The van der Waals surface area contributed by atoms with Crippen molar-refractivity contribution in [1.82, 2.24) is 4.90 Å². The van der Waals surface area contributed by atoms with Crippen LogP contribution >= 0.6 is 0 Å². The van der Waals surface area contributed by atoms with Crippen LogP contribution < -0.4 is 0 Å². The predicted molar refractivity (Wildman–Crippen MR) is 57.1 cm³/mol. The van der Waals surface area contributed by atoms with E-state index in [1.807, 2.05) is 12.1 Å². The van der Waals surface area contributed by atoms with E-state index in [0.717, 1.165) is 25.3 Å². The molecule has 1 aliphatic heterocycles. The maximum absolute atomic E-state index is 13.4. The van der Waals surface area contributed by atoms with Crippen LogP contribution in [0, 0.1) is 5.82 Å². The largest absolute Gasteiger partial charge is 0.379 e. The van der Waals surface area contributed by atoms with Crippen LogP contribution in [-0.2, 0) is 11.3 Å². The van der Waals surface area contributed by atoms with Crippen molar-refractivity contribution < 1.29 is 9.13 Å². The lowest BCUT2D eigenvalue weighted by atomic mass is 10.1. The quantitative estimate of drug-likeness (QED) is 0.739. The molecule has 0 bridgehead atoms. The highest BCUT2D eigenvalue weighted by molar-refractivity contribution is 5.17. The van der Waals surface area contributed by atoms with Gasteiger partial charge in [-0.05, 0) is 13.0 Å². The van der Waals surface area contributed by atoms with E-state index < -0.39 is 0 Å². The minimum atomic E-state index is -0.115. The Hall–Kier alpha value is -0.930. The second-order valence-electron chi connectivity index (χ2n) is 3.99. The van der Waals surface area contributed by atoms with Crippen molar-refractivity contribution in [1.29, 1.82) is 0 Å². The lowest BCUT2D eigenvalue weighted by Crippen LogP contribution is -2.43. The summed E-state index contributed by atoms with van der Waals surface area (Å²) in [7, 11) is 0. The zero-order valence-electron chi connectivity index (χ0n) is 8.95. The van der Waals surface area contributed by atoms with E-state index in [0.29, 0.717) is 12.6 Å². The molecule has 0 amide bonds. The van der Waals surface area contributed by atoms with Crippen LogP contribution in [0.5, 0.6) is 0 Å². The third kappa shape index (κ3) is 2.55. The summed E-state index contributed by atoms with van der Waals surface area (Å²) in [5.41, 5.74) is 0.770. The molecule has 0 N–H and O–H groups in total. The molecule has 2 nitrogen and oxygen atoms in total. The fraction of sp³-hybridized carbons (Fsp3) is 0.500. The third-order valence-electron chi connectivity index (χ3n) is 2.84. The Kier molecular flexibility index (Phi) is 3.34. The molecule has 1 aliphatic rings. The van der Waals surface area contributed by atoms with Crippen molar-refractivity contribution in [2.45, 2.75) is 19.5 Å². The van der Waals surface area contributed by atoms with Gasteiger partial charge in [0.05, 0.1) is 13.2 Å². The molecule has 1 heterocycles. The first-order valence-electron chi connectivity index (χ1n) is 5.32. The van der Waals surface area contributed by atoms with Crippen LogP contribution in [0.2, 0.25) is 0 Å². The van der Waals surface area contributed by atoms with Crippen molar-refractivity contribution in [3.05, 3.63) is 35.6 Å². The van der Waals surface area contributed by atoms with Gasteiger partial charge in [0, 0.05) is 24.7 Å². The first-order chi connectivity index (χ1) is 7.27. The molecule has 82 valence electrons. The molecule has 0 saturated carbocycles. The molecule has 0 aromatic heterocycles. The SMILES string of the molecule is C[C@H]1COCCN1Cc1ccccc1F. The average molecular weight is 209 g/mol. The van der Waals surface area contributed by atoms with Gasteiger partial charge in [-0.25, -0.2) is 4.39 Å². The molecular weight excluding hydrogens is 193 g/mol. The minimum absolute atomic E-state index is 0.115. The summed E-state index contributed by atoms with van der Waals surface area (Å²) < 4.78 is 18.8. The molecule has 3 heteroatoms. The molecule has 1 fully saturated rings. The Labute approximate surface area is 89.7 Å². The topological polar surface area (TPSA) is 12.5 Å². The standard InChI is InChI=1S/C12H16FNO/c1-10-9-15-7-6-14(10)8-11-4-2-3-5-12(11)13/h2-5,10H,6-9H2,1H3/t10-/m0/s1. The summed E-state index contributed by atoms with van der Waals surface area (Å²) in [6.07, 6.45) is 0. The van der Waals surface area contributed by atoms with Crippen molar-refractivity contribution in [3.63, 3.8) is 0 Å². The van der Waals surface area contributed by atoms with Crippen molar-refractivity contribution in [3.8, 4) is 0 Å². The van der Waals surface area contributed by atoms with Crippen molar-refractivity contribution in [2.24, 2.45) is 0 Å². The lowest BCUT2D eigenvalue weighted by molar-refractivity contribution is -0.00480. The van der Waals surface area contributed by atoms with Gasteiger partial charge in [0.2, 0.25) is 0 Å². The monoisotopic (exact) mass is 209 g/mol. The fourth-order valence-corrected chi connectivity index (χ4v) is 1.84. The maximum atomic E-state index is 13.4. The van der Waals surface area contributed by atoms with Crippen molar-refractivity contribution >= 4 is 0 Å². The second-order valence-corrected chi connectivity index (χ2v) is 3.99. The Bertz CT molecular complexity index is 329. The molecule has 0 unspecified atom stereocenters. The van der Waals surface area contributed by atoms with Crippen LogP contribution in [0.25, 0.3) is 0 Å². The molecule has 0 aliphatic carbocycles. The van der Waals surface area contributed by atoms with Gasteiger partial charge in [-0.2, -0.15) is 0 Å². The van der Waals surface area contributed by atoms with E-state index in [4.69, 9.17) is 4.74 Å². The summed E-state index contributed by atoms with van der Waals surface area (Å²) in [5.74, 6) is -0.115. The van der Waals surface area contributed by atoms with E-state index in [-0.39, 0.29) is 5.82 Å². The smallest absolute Gasteiger partial charge is 0.127 e. The number of hydrogen-bond donors (Lipinski definition) is 0. The Balaban J connectivity index is 2.04. The first-order valence-corrected chi connectivity index (χ1v) is 5.32. The van der Waals surface area contributed by atoms with Gasteiger partial charge in [0.25, 0.3) is 0 Å². The van der Waals surface area contributed by atoms with Gasteiger partial charge in [0.15, 0.2) is 0 Å². The number of ether oxygens (including phenoxy) is 1. The van der Waals surface area contributed by atoms with Crippen LogP contribution in [0.1, 0.15) is 12.5 Å². The maximum Gasteiger partial charge on any atom is 0.127 e. The molecule has 1 atom stereocenters. The van der Waals surface area contributed by atoms with E-state index in [1.165, 1.54) is 6.07 Å². The zero-order valence-corrected chi connectivity index (χ0v) is 8.95. The fourth-order valence-electron chi connectivity index (χ4n) is 1.84. The minimum Gasteiger partial charge on any atom is -0.379 e. The van der Waals surface area contributed by atoms with Gasteiger partial charge in [-0.3, -0.25) is 4.90 Å². The number of rotatable bonds is 2. The van der Waals surface area contributed by atoms with E-state index in [9.17, 15) is 4.39 Å². The number of morpholine rings is 1. The number of halogens is 1. The molecule has 1 aromatic rings. The second kappa shape index (κ2) is 4.73. The predicted octanol–water partition coefficient (Wildman–Crippen LogP) is 2.05. The summed E-state index contributed by atoms with van der Waals surface area (Å²) in [6, 6.07) is 7.33. The average Bonchev–Trinajstić information content (AvgIpc) is 2.24. The van der Waals surface area contributed by atoms with E-state index >= 15 is 0 Å². The third-order valence-corrected chi connectivity index (χ3v) is 2.84. The molecule has 2 rings (SSSR count). The van der Waals surface area contributed by atoms with Gasteiger partial charge >= 0.3 is 0 Å². The van der Waals surface area contributed by atoms with E-state index in [2.05, 4.69) is 11.8 Å². The molecule has 1 saturated heterocycles. The summed E-state index contributed by atoms with van der Waals surface area (Å²) >= 11 is 0. The molecule has 1 aromatic carbocycles. The van der Waals surface area contributed by atoms with Crippen molar-refractivity contribution in [2.75, 3.05) is 19.8 Å². The number of hydrogen-bond acceptors (Lipinski definition) is 2. The Morgan fingerprint density at radius 2 is 2.27 bits per heavy atom. The van der Waals surface area contributed by atoms with E-state index in [1.54, 1.807) is 6.07 Å². The van der Waals surface area contributed by atoms with Gasteiger partial charge in [-0.15, -0.1) is 0 Å². The summed E-state index contributed by atoms with van der Waals surface area (Å²) in [4.78, 5) is 2.25. The number of nitrogens with zero attached hydrogens (tertiary/aromatic N) is 1. The highest BCUT2D eigenvalue weighted by Crippen LogP contribution is 2.14. The summed E-state index contributed by atoms with van der Waals surface area (Å²) in [6.45, 7) is 5.17. The highest BCUT2D eigenvalue weighted by atomic mass is 19.1. The van der Waals surface area contributed by atoms with Gasteiger partial charge in [0.1, 0.15) is 5.82 Å². The van der Waals surface area contributed by atoms with Gasteiger partial charge in [-0.1, -0.05) is 18.2 Å². The molecular formula is C12H16FNO. The van der Waals surface area contributed by atoms with Crippen LogP contribution in [0.4, 0.5) is 4.39 Å². The molecule has 0 radical (unpaired) electrons. The lowest BCUT2D eigenvalue weighted by Gasteiger charge is -2.33. The Morgan fingerprint density at radius 1 is 1.47 bits per heavy atom. The van der Waals surface area contributed by atoms with Crippen LogP contribution in [-0.4, -0.2) is 30.7 Å². The molecule has 0 spiro atoms. The normalized spacial score (nSPS) is 22.9. The zero-order chi connectivity index (χ0) is 10.7. The summed E-state index contributed by atoms with van der Waals surface area (Å²) in [5, 5.41) is 0.